The number of piperazine rings is 1. The Morgan fingerprint density at radius 3 is 2.16 bits per heavy atom. The van der Waals surface area contributed by atoms with E-state index in [1.807, 2.05) is 4.90 Å². The quantitative estimate of drug-likeness (QED) is 0.811. The molecule has 0 unspecified atom stereocenters. The average Bonchev–Trinajstić information content (AvgIpc) is 3.03. The predicted molar refractivity (Wildman–Crippen MR) is 90.3 cm³/mol. The monoisotopic (exact) mass is 347 g/mol. The van der Waals surface area contributed by atoms with Crippen molar-refractivity contribution in [2.24, 2.45) is 5.41 Å². The normalized spacial score (nSPS) is 19.9. The molecule has 1 heterocycles. The number of rotatable bonds is 5. The minimum Gasteiger partial charge on any atom is -0.550 e. The number of anilines is 1. The number of amides is 1. The molecule has 0 atom stereocenters. The first kappa shape index (κ1) is 17.7. The summed E-state index contributed by atoms with van der Waals surface area (Å²) in [5, 5.41) is 11.1. The SMILES string of the molecule is O=C([O-])CC1(CC(=O)N2CCN(c3ccc(F)cc3)CC2)CCCC1. The van der Waals surface area contributed by atoms with Crippen molar-refractivity contribution in [3.05, 3.63) is 30.1 Å². The maximum absolute atomic E-state index is 13.0. The predicted octanol–water partition coefficient (Wildman–Crippen LogP) is 1.56. The lowest BCUT2D eigenvalue weighted by atomic mass is 9.79. The third kappa shape index (κ3) is 4.30. The van der Waals surface area contributed by atoms with E-state index in [-0.39, 0.29) is 18.1 Å². The van der Waals surface area contributed by atoms with Crippen LogP contribution < -0.4 is 10.0 Å². The molecule has 1 saturated heterocycles. The van der Waals surface area contributed by atoms with Gasteiger partial charge in [0.2, 0.25) is 5.91 Å². The van der Waals surface area contributed by atoms with Gasteiger partial charge in [0.15, 0.2) is 0 Å². The zero-order valence-electron chi connectivity index (χ0n) is 14.4. The highest BCUT2D eigenvalue weighted by Gasteiger charge is 2.37. The number of hydrogen-bond donors (Lipinski definition) is 0. The third-order valence-electron chi connectivity index (χ3n) is 5.53. The maximum atomic E-state index is 13.0. The molecule has 1 aromatic rings. The van der Waals surface area contributed by atoms with Gasteiger partial charge in [0, 0.05) is 44.3 Å². The topological polar surface area (TPSA) is 63.7 Å². The van der Waals surface area contributed by atoms with Crippen molar-refractivity contribution in [3.63, 3.8) is 0 Å². The van der Waals surface area contributed by atoms with Crippen LogP contribution in [0.4, 0.5) is 10.1 Å². The summed E-state index contributed by atoms with van der Waals surface area (Å²) in [6, 6.07) is 6.38. The Labute approximate surface area is 147 Å². The number of nitrogens with zero attached hydrogens (tertiary/aromatic N) is 2. The van der Waals surface area contributed by atoms with Crippen molar-refractivity contribution < 1.29 is 19.1 Å². The molecule has 1 aliphatic carbocycles. The van der Waals surface area contributed by atoms with Crippen LogP contribution in [0.5, 0.6) is 0 Å². The van der Waals surface area contributed by atoms with Gasteiger partial charge in [-0.05, 0) is 48.9 Å². The van der Waals surface area contributed by atoms with Gasteiger partial charge in [0.1, 0.15) is 5.82 Å². The molecule has 0 aromatic heterocycles. The number of carboxylic acid groups (broad SMARTS) is 1. The molecule has 136 valence electrons. The van der Waals surface area contributed by atoms with Gasteiger partial charge in [-0.2, -0.15) is 0 Å². The molecule has 1 saturated carbocycles. The molecule has 5 nitrogen and oxygen atoms in total. The van der Waals surface area contributed by atoms with Gasteiger partial charge in [-0.3, -0.25) is 4.79 Å². The Kier molecular flexibility index (Phi) is 5.25. The standard InChI is InChI=1S/C19H25FN2O3/c20-15-3-5-16(6-4-15)21-9-11-22(12-10-21)17(23)13-19(14-18(24)25)7-1-2-8-19/h3-6H,1-2,7-14H2,(H,24,25)/p-1. The fourth-order valence-corrected chi connectivity index (χ4v) is 4.15. The van der Waals surface area contributed by atoms with E-state index in [0.29, 0.717) is 32.6 Å². The largest absolute Gasteiger partial charge is 0.550 e. The first-order chi connectivity index (χ1) is 12.0. The Morgan fingerprint density at radius 1 is 1.00 bits per heavy atom. The number of carbonyl (C=O) groups excluding carboxylic acids is 2. The van der Waals surface area contributed by atoms with Gasteiger partial charge in [0.25, 0.3) is 0 Å². The molecule has 1 amide bonds. The highest BCUT2D eigenvalue weighted by atomic mass is 19.1. The average molecular weight is 347 g/mol. The molecule has 0 N–H and O–H groups in total. The summed E-state index contributed by atoms with van der Waals surface area (Å²) < 4.78 is 13.0. The second kappa shape index (κ2) is 7.42. The summed E-state index contributed by atoms with van der Waals surface area (Å²) in [6.45, 7) is 2.62. The van der Waals surface area contributed by atoms with Gasteiger partial charge >= 0.3 is 0 Å². The van der Waals surface area contributed by atoms with Gasteiger partial charge in [-0.15, -0.1) is 0 Å². The van der Waals surface area contributed by atoms with E-state index in [9.17, 15) is 19.1 Å². The first-order valence-corrected chi connectivity index (χ1v) is 8.96. The highest BCUT2D eigenvalue weighted by molar-refractivity contribution is 5.78. The van der Waals surface area contributed by atoms with Crippen molar-refractivity contribution in [3.8, 4) is 0 Å². The van der Waals surface area contributed by atoms with Gasteiger partial charge in [-0.1, -0.05) is 12.8 Å². The lowest BCUT2D eigenvalue weighted by Gasteiger charge is -2.38. The Hall–Kier alpha value is -2.11. The van der Waals surface area contributed by atoms with Crippen LogP contribution in [-0.2, 0) is 9.59 Å². The van der Waals surface area contributed by atoms with Crippen molar-refractivity contribution in [2.75, 3.05) is 31.1 Å². The number of carboxylic acids is 1. The van der Waals surface area contributed by atoms with E-state index in [1.165, 1.54) is 12.1 Å². The number of hydrogen-bond acceptors (Lipinski definition) is 4. The molecule has 2 aliphatic rings. The molecule has 0 spiro atoms. The molecule has 25 heavy (non-hydrogen) atoms. The first-order valence-electron chi connectivity index (χ1n) is 8.96. The molecule has 0 radical (unpaired) electrons. The van der Waals surface area contributed by atoms with E-state index < -0.39 is 11.4 Å². The summed E-state index contributed by atoms with van der Waals surface area (Å²) in [5.74, 6) is -1.27. The van der Waals surface area contributed by atoms with E-state index in [2.05, 4.69) is 4.90 Å². The maximum Gasteiger partial charge on any atom is 0.223 e. The van der Waals surface area contributed by atoms with Crippen LogP contribution in [0.3, 0.4) is 0 Å². The molecular formula is C19H24FN2O3-. The smallest absolute Gasteiger partial charge is 0.223 e. The van der Waals surface area contributed by atoms with Gasteiger partial charge < -0.3 is 19.7 Å². The highest BCUT2D eigenvalue weighted by Crippen LogP contribution is 2.44. The van der Waals surface area contributed by atoms with Crippen LogP contribution in [0.1, 0.15) is 38.5 Å². The summed E-state index contributed by atoms with van der Waals surface area (Å²) in [5.41, 5.74) is 0.544. The van der Waals surface area contributed by atoms with Crippen molar-refractivity contribution in [2.45, 2.75) is 38.5 Å². The number of benzene rings is 1. The van der Waals surface area contributed by atoms with Crippen LogP contribution in [0.25, 0.3) is 0 Å². The second-order valence-corrected chi connectivity index (χ2v) is 7.28. The Bertz CT molecular complexity index is 618. The Balaban J connectivity index is 1.56. The molecule has 6 heteroatoms. The van der Waals surface area contributed by atoms with Crippen molar-refractivity contribution >= 4 is 17.6 Å². The fourth-order valence-electron chi connectivity index (χ4n) is 4.15. The number of carbonyl (C=O) groups is 2. The zero-order chi connectivity index (χ0) is 17.9. The van der Waals surface area contributed by atoms with Crippen molar-refractivity contribution in [1.82, 2.24) is 4.90 Å². The Morgan fingerprint density at radius 2 is 1.60 bits per heavy atom. The summed E-state index contributed by atoms with van der Waals surface area (Å²) >= 11 is 0. The van der Waals surface area contributed by atoms with Crippen LogP contribution in [0.15, 0.2) is 24.3 Å². The van der Waals surface area contributed by atoms with Gasteiger partial charge in [-0.25, -0.2) is 4.39 Å². The molecular weight excluding hydrogens is 323 g/mol. The fraction of sp³-hybridized carbons (Fsp3) is 0.579. The zero-order valence-corrected chi connectivity index (χ0v) is 14.4. The number of aliphatic carboxylic acids is 1. The molecule has 3 rings (SSSR count). The summed E-state index contributed by atoms with van der Waals surface area (Å²) in [6.07, 6.45) is 3.84. The second-order valence-electron chi connectivity index (χ2n) is 7.28. The molecule has 2 fully saturated rings. The third-order valence-corrected chi connectivity index (χ3v) is 5.53. The van der Waals surface area contributed by atoms with Crippen LogP contribution in [0, 0.1) is 11.2 Å². The van der Waals surface area contributed by atoms with Gasteiger partial charge in [0.05, 0.1) is 0 Å². The van der Waals surface area contributed by atoms with E-state index >= 15 is 0 Å². The van der Waals surface area contributed by atoms with Crippen molar-refractivity contribution in [1.29, 1.82) is 0 Å². The minimum atomic E-state index is -1.06. The lowest BCUT2D eigenvalue weighted by molar-refractivity contribution is -0.308. The molecule has 1 aromatic carbocycles. The summed E-state index contributed by atoms with van der Waals surface area (Å²) in [4.78, 5) is 27.7. The summed E-state index contributed by atoms with van der Waals surface area (Å²) in [7, 11) is 0. The molecule has 0 bridgehead atoms. The van der Waals surface area contributed by atoms with Crippen LogP contribution >= 0.6 is 0 Å². The minimum absolute atomic E-state index is 0.0196. The van der Waals surface area contributed by atoms with E-state index in [4.69, 9.17) is 0 Å². The number of halogens is 1. The van der Waals surface area contributed by atoms with E-state index in [0.717, 1.165) is 31.4 Å². The molecule has 1 aliphatic heterocycles. The lowest BCUT2D eigenvalue weighted by Crippen LogP contribution is -2.50. The van der Waals surface area contributed by atoms with Crippen LogP contribution in [0.2, 0.25) is 0 Å². The van der Waals surface area contributed by atoms with Crippen LogP contribution in [-0.4, -0.2) is 43.0 Å². The van der Waals surface area contributed by atoms with E-state index in [1.54, 1.807) is 12.1 Å².